The summed E-state index contributed by atoms with van der Waals surface area (Å²) in [6.07, 6.45) is 0.330. The van der Waals surface area contributed by atoms with Gasteiger partial charge in [0.2, 0.25) is 5.91 Å². The molecular weight excluding hydrogens is 298 g/mol. The van der Waals surface area contributed by atoms with E-state index >= 15 is 0 Å². The number of carbonyl (C=O) groups excluding carboxylic acids is 3. The van der Waals surface area contributed by atoms with Crippen molar-refractivity contribution >= 4 is 23.5 Å². The zero-order chi connectivity index (χ0) is 17.2. The summed E-state index contributed by atoms with van der Waals surface area (Å²) in [5, 5.41) is 0. The van der Waals surface area contributed by atoms with E-state index in [2.05, 4.69) is 0 Å². The first-order valence-corrected chi connectivity index (χ1v) is 7.77. The molecule has 0 spiro atoms. The quantitative estimate of drug-likeness (QED) is 0.543. The summed E-state index contributed by atoms with van der Waals surface area (Å²) in [5.41, 5.74) is 0.752. The third-order valence-electron chi connectivity index (χ3n) is 3.04. The molecule has 0 aliphatic rings. The van der Waals surface area contributed by atoms with E-state index in [0.29, 0.717) is 24.2 Å². The van der Waals surface area contributed by atoms with E-state index in [4.69, 9.17) is 9.47 Å². The number of rotatable bonds is 8. The molecule has 0 aromatic heterocycles. The minimum absolute atomic E-state index is 0.222. The van der Waals surface area contributed by atoms with Crippen LogP contribution in [0.15, 0.2) is 24.3 Å². The first-order valence-electron chi connectivity index (χ1n) is 7.77. The Balaban J connectivity index is 3.08. The predicted molar refractivity (Wildman–Crippen MR) is 86.3 cm³/mol. The van der Waals surface area contributed by atoms with Gasteiger partial charge in [0, 0.05) is 6.54 Å². The topological polar surface area (TPSA) is 72.9 Å². The number of amides is 1. The van der Waals surface area contributed by atoms with Crippen LogP contribution in [0.1, 0.15) is 44.0 Å². The SMILES string of the molecule is CCCN(C(=O)CC(=O)OCC)c1ccccc1C(=O)OCC. The van der Waals surface area contributed by atoms with Crippen molar-refractivity contribution in [3.05, 3.63) is 29.8 Å². The summed E-state index contributed by atoms with van der Waals surface area (Å²) in [7, 11) is 0. The van der Waals surface area contributed by atoms with Gasteiger partial charge >= 0.3 is 11.9 Å². The molecule has 126 valence electrons. The van der Waals surface area contributed by atoms with Crippen molar-refractivity contribution in [1.82, 2.24) is 0 Å². The van der Waals surface area contributed by atoms with E-state index in [1.54, 1.807) is 38.1 Å². The number of carbonyl (C=O) groups is 3. The van der Waals surface area contributed by atoms with Crippen LogP contribution in [0.25, 0.3) is 0 Å². The van der Waals surface area contributed by atoms with Crippen LogP contribution < -0.4 is 4.90 Å². The minimum Gasteiger partial charge on any atom is -0.466 e. The predicted octanol–water partition coefficient (Wildman–Crippen LogP) is 2.56. The average Bonchev–Trinajstić information content (AvgIpc) is 2.53. The molecule has 0 fully saturated rings. The van der Waals surface area contributed by atoms with Gasteiger partial charge in [-0.2, -0.15) is 0 Å². The van der Waals surface area contributed by atoms with Crippen LogP contribution in [0, 0.1) is 0 Å². The molecule has 0 N–H and O–H groups in total. The second kappa shape index (κ2) is 9.61. The molecule has 0 aliphatic carbocycles. The number of esters is 2. The standard InChI is InChI=1S/C17H23NO5/c1-4-11-18(15(19)12-16(20)22-5-2)14-10-8-7-9-13(14)17(21)23-6-3/h7-10H,4-6,11-12H2,1-3H3. The summed E-state index contributed by atoms with van der Waals surface area (Å²) >= 11 is 0. The van der Waals surface area contributed by atoms with Crippen molar-refractivity contribution in [3.8, 4) is 0 Å². The molecule has 6 heteroatoms. The summed E-state index contributed by atoms with van der Waals surface area (Å²) in [4.78, 5) is 37.5. The van der Waals surface area contributed by atoms with E-state index in [0.717, 1.165) is 0 Å². The highest BCUT2D eigenvalue weighted by Crippen LogP contribution is 2.22. The zero-order valence-corrected chi connectivity index (χ0v) is 13.8. The lowest BCUT2D eigenvalue weighted by Crippen LogP contribution is -2.34. The molecule has 1 aromatic carbocycles. The molecule has 1 rings (SSSR count). The summed E-state index contributed by atoms with van der Waals surface area (Å²) in [6.45, 7) is 6.18. The lowest BCUT2D eigenvalue weighted by Gasteiger charge is -2.24. The fourth-order valence-corrected chi connectivity index (χ4v) is 2.12. The van der Waals surface area contributed by atoms with Crippen LogP contribution in [0.4, 0.5) is 5.69 Å². The number of ether oxygens (including phenoxy) is 2. The molecule has 6 nitrogen and oxygen atoms in total. The lowest BCUT2D eigenvalue weighted by atomic mass is 10.1. The summed E-state index contributed by atoms with van der Waals surface area (Å²) in [6, 6.07) is 6.71. The number of para-hydroxylation sites is 1. The molecule has 1 amide bonds. The second-order valence-electron chi connectivity index (χ2n) is 4.76. The van der Waals surface area contributed by atoms with Gasteiger partial charge in [0.25, 0.3) is 0 Å². The number of hydrogen-bond donors (Lipinski definition) is 0. The third-order valence-corrected chi connectivity index (χ3v) is 3.04. The Bertz CT molecular complexity index is 556. The van der Waals surface area contributed by atoms with Crippen LogP contribution in [0.5, 0.6) is 0 Å². The molecule has 0 saturated heterocycles. The summed E-state index contributed by atoms with van der Waals surface area (Å²) < 4.78 is 9.84. The van der Waals surface area contributed by atoms with Gasteiger partial charge < -0.3 is 14.4 Å². The molecule has 1 aromatic rings. The first kappa shape index (κ1) is 18.7. The van der Waals surface area contributed by atoms with Crippen molar-refractivity contribution < 1.29 is 23.9 Å². The van der Waals surface area contributed by atoms with Gasteiger partial charge in [0.05, 0.1) is 24.5 Å². The third kappa shape index (κ3) is 5.39. The fourth-order valence-electron chi connectivity index (χ4n) is 2.12. The lowest BCUT2D eigenvalue weighted by molar-refractivity contribution is -0.145. The molecule has 23 heavy (non-hydrogen) atoms. The average molecular weight is 321 g/mol. The maximum Gasteiger partial charge on any atom is 0.340 e. The number of hydrogen-bond acceptors (Lipinski definition) is 5. The molecule has 0 heterocycles. The smallest absolute Gasteiger partial charge is 0.340 e. The van der Waals surface area contributed by atoms with E-state index in [1.807, 2.05) is 6.92 Å². The van der Waals surface area contributed by atoms with Gasteiger partial charge in [-0.1, -0.05) is 19.1 Å². The monoisotopic (exact) mass is 321 g/mol. The number of benzene rings is 1. The Kier molecular flexibility index (Phi) is 7.80. The van der Waals surface area contributed by atoms with E-state index in [9.17, 15) is 14.4 Å². The highest BCUT2D eigenvalue weighted by molar-refractivity contribution is 6.07. The van der Waals surface area contributed by atoms with E-state index in [-0.39, 0.29) is 19.6 Å². The van der Waals surface area contributed by atoms with Crippen LogP contribution in [0.3, 0.4) is 0 Å². The molecular formula is C17H23NO5. The molecule has 0 saturated carbocycles. The zero-order valence-electron chi connectivity index (χ0n) is 13.8. The maximum absolute atomic E-state index is 12.4. The van der Waals surface area contributed by atoms with Crippen molar-refractivity contribution in [2.45, 2.75) is 33.6 Å². The van der Waals surface area contributed by atoms with Crippen molar-refractivity contribution in [1.29, 1.82) is 0 Å². The molecule has 0 unspecified atom stereocenters. The van der Waals surface area contributed by atoms with Crippen LogP contribution in [0.2, 0.25) is 0 Å². The van der Waals surface area contributed by atoms with Crippen LogP contribution in [-0.2, 0) is 19.1 Å². The molecule has 0 bridgehead atoms. The molecule has 0 atom stereocenters. The minimum atomic E-state index is -0.577. The van der Waals surface area contributed by atoms with Gasteiger partial charge in [-0.15, -0.1) is 0 Å². The Morgan fingerprint density at radius 2 is 1.65 bits per heavy atom. The Labute approximate surface area is 136 Å². The highest BCUT2D eigenvalue weighted by Gasteiger charge is 2.23. The van der Waals surface area contributed by atoms with Crippen LogP contribution >= 0.6 is 0 Å². The number of nitrogens with zero attached hydrogens (tertiary/aromatic N) is 1. The van der Waals surface area contributed by atoms with Gasteiger partial charge in [-0.25, -0.2) is 4.79 Å². The van der Waals surface area contributed by atoms with E-state index in [1.165, 1.54) is 4.90 Å². The maximum atomic E-state index is 12.4. The van der Waals surface area contributed by atoms with E-state index < -0.39 is 17.8 Å². The summed E-state index contributed by atoms with van der Waals surface area (Å²) in [5.74, 6) is -1.47. The molecule has 0 radical (unpaired) electrons. The fraction of sp³-hybridized carbons (Fsp3) is 0.471. The van der Waals surface area contributed by atoms with Gasteiger partial charge in [-0.05, 0) is 32.4 Å². The van der Waals surface area contributed by atoms with Gasteiger partial charge in [-0.3, -0.25) is 9.59 Å². The van der Waals surface area contributed by atoms with Gasteiger partial charge in [0.1, 0.15) is 6.42 Å². The van der Waals surface area contributed by atoms with Crippen LogP contribution in [-0.4, -0.2) is 37.6 Å². The molecule has 0 aliphatic heterocycles. The normalized spacial score (nSPS) is 10.0. The van der Waals surface area contributed by atoms with Crippen molar-refractivity contribution in [3.63, 3.8) is 0 Å². The Morgan fingerprint density at radius 3 is 2.26 bits per heavy atom. The largest absolute Gasteiger partial charge is 0.466 e. The Morgan fingerprint density at radius 1 is 1.00 bits per heavy atom. The Hall–Kier alpha value is -2.37. The van der Waals surface area contributed by atoms with Crippen molar-refractivity contribution in [2.24, 2.45) is 0 Å². The highest BCUT2D eigenvalue weighted by atomic mass is 16.5. The first-order chi connectivity index (χ1) is 11.0. The number of anilines is 1. The van der Waals surface area contributed by atoms with Gasteiger partial charge in [0.15, 0.2) is 0 Å². The van der Waals surface area contributed by atoms with Crippen molar-refractivity contribution in [2.75, 3.05) is 24.7 Å². The second-order valence-corrected chi connectivity index (χ2v) is 4.76.